The molecule has 0 atom stereocenters. The summed E-state index contributed by atoms with van der Waals surface area (Å²) in [6, 6.07) is 20.0. The maximum Gasteiger partial charge on any atom is 0.339 e. The number of ether oxygens (including phenoxy) is 1. The third-order valence-electron chi connectivity index (χ3n) is 4.22. The Morgan fingerprint density at radius 1 is 0.897 bits per heavy atom. The second kappa shape index (κ2) is 9.17. The molecule has 0 aliphatic rings. The average molecular weight is 408 g/mol. The number of amides is 1. The van der Waals surface area contributed by atoms with Gasteiger partial charge in [-0.2, -0.15) is 0 Å². The van der Waals surface area contributed by atoms with Crippen molar-refractivity contribution in [3.8, 4) is 0 Å². The van der Waals surface area contributed by atoms with Gasteiger partial charge in [-0.25, -0.2) is 4.79 Å². The summed E-state index contributed by atoms with van der Waals surface area (Å²) in [5.74, 6) is -1.53. The van der Waals surface area contributed by atoms with Crippen molar-refractivity contribution in [2.75, 3.05) is 11.9 Å². The van der Waals surface area contributed by atoms with E-state index in [0.29, 0.717) is 16.3 Å². The van der Waals surface area contributed by atoms with Gasteiger partial charge in [-0.3, -0.25) is 9.59 Å². The lowest BCUT2D eigenvalue weighted by atomic mass is 9.98. The number of carbonyl (C=O) groups excluding carboxylic acids is 3. The van der Waals surface area contributed by atoms with Gasteiger partial charge in [-0.15, -0.1) is 0 Å². The van der Waals surface area contributed by atoms with Crippen molar-refractivity contribution in [1.82, 2.24) is 0 Å². The Bertz CT molecular complexity index is 1060. The molecular formula is C23H18ClNO4. The molecule has 0 heterocycles. The number of anilines is 1. The van der Waals surface area contributed by atoms with Crippen molar-refractivity contribution in [1.29, 1.82) is 0 Å². The van der Waals surface area contributed by atoms with E-state index in [1.54, 1.807) is 73.7 Å². The lowest BCUT2D eigenvalue weighted by molar-refractivity contribution is -0.119. The average Bonchev–Trinajstić information content (AvgIpc) is 2.74. The molecule has 0 aliphatic heterocycles. The molecule has 0 spiro atoms. The zero-order chi connectivity index (χ0) is 20.8. The van der Waals surface area contributed by atoms with E-state index in [2.05, 4.69) is 5.32 Å². The molecule has 0 aromatic heterocycles. The molecule has 29 heavy (non-hydrogen) atoms. The molecule has 3 aromatic carbocycles. The Morgan fingerprint density at radius 3 is 2.24 bits per heavy atom. The van der Waals surface area contributed by atoms with E-state index in [-0.39, 0.29) is 16.9 Å². The van der Waals surface area contributed by atoms with Gasteiger partial charge in [-0.1, -0.05) is 60.1 Å². The highest BCUT2D eigenvalue weighted by atomic mass is 35.5. The van der Waals surface area contributed by atoms with Crippen LogP contribution in [0.1, 0.15) is 31.8 Å². The Labute approximate surface area is 173 Å². The van der Waals surface area contributed by atoms with Gasteiger partial charge < -0.3 is 10.1 Å². The number of halogens is 1. The van der Waals surface area contributed by atoms with Crippen molar-refractivity contribution >= 4 is 34.9 Å². The zero-order valence-electron chi connectivity index (χ0n) is 15.6. The summed E-state index contributed by atoms with van der Waals surface area (Å²) in [7, 11) is 0. The number of esters is 1. The van der Waals surface area contributed by atoms with Crippen molar-refractivity contribution in [3.05, 3.63) is 100 Å². The third-order valence-corrected chi connectivity index (χ3v) is 4.46. The summed E-state index contributed by atoms with van der Waals surface area (Å²) in [6.45, 7) is 1.33. The summed E-state index contributed by atoms with van der Waals surface area (Å²) in [5.41, 5.74) is 2.16. The first-order valence-corrected chi connectivity index (χ1v) is 9.25. The topological polar surface area (TPSA) is 72.5 Å². The van der Waals surface area contributed by atoms with Gasteiger partial charge in [-0.05, 0) is 36.8 Å². The van der Waals surface area contributed by atoms with E-state index >= 15 is 0 Å². The van der Waals surface area contributed by atoms with Crippen LogP contribution in [-0.4, -0.2) is 24.3 Å². The Balaban J connectivity index is 1.68. The Kier molecular flexibility index (Phi) is 6.42. The number of rotatable bonds is 6. The number of aryl methyl sites for hydroxylation is 1. The molecule has 1 N–H and O–H groups in total. The van der Waals surface area contributed by atoms with E-state index in [0.717, 1.165) is 5.56 Å². The molecule has 0 bridgehead atoms. The molecule has 0 saturated carbocycles. The van der Waals surface area contributed by atoms with Crippen LogP contribution in [0.5, 0.6) is 0 Å². The maximum atomic E-state index is 12.7. The summed E-state index contributed by atoms with van der Waals surface area (Å²) in [4.78, 5) is 37.4. The van der Waals surface area contributed by atoms with Crippen LogP contribution in [0.2, 0.25) is 5.02 Å². The lowest BCUT2D eigenvalue weighted by Gasteiger charge is -2.11. The Morgan fingerprint density at radius 2 is 1.55 bits per heavy atom. The van der Waals surface area contributed by atoms with Gasteiger partial charge in [0.15, 0.2) is 12.4 Å². The molecule has 0 aliphatic carbocycles. The van der Waals surface area contributed by atoms with Crippen molar-refractivity contribution in [3.63, 3.8) is 0 Å². The van der Waals surface area contributed by atoms with E-state index < -0.39 is 18.5 Å². The third kappa shape index (κ3) is 5.09. The highest BCUT2D eigenvalue weighted by Gasteiger charge is 2.19. The van der Waals surface area contributed by atoms with Crippen LogP contribution in [0.25, 0.3) is 0 Å². The van der Waals surface area contributed by atoms with E-state index in [1.165, 1.54) is 6.07 Å². The second-order valence-corrected chi connectivity index (χ2v) is 6.76. The molecule has 0 saturated heterocycles. The first-order valence-electron chi connectivity index (χ1n) is 8.87. The Hall–Kier alpha value is -3.44. The van der Waals surface area contributed by atoms with Crippen molar-refractivity contribution in [2.24, 2.45) is 0 Å². The summed E-state index contributed by atoms with van der Waals surface area (Å²) < 4.78 is 5.12. The molecule has 0 unspecified atom stereocenters. The molecule has 5 nitrogen and oxygen atoms in total. The molecule has 3 aromatic rings. The van der Waals surface area contributed by atoms with Crippen LogP contribution < -0.4 is 5.32 Å². The number of benzene rings is 3. The monoisotopic (exact) mass is 407 g/mol. The fraction of sp³-hybridized carbons (Fsp3) is 0.0870. The smallest absolute Gasteiger partial charge is 0.339 e. The largest absolute Gasteiger partial charge is 0.452 e. The first-order chi connectivity index (χ1) is 14.0. The second-order valence-electron chi connectivity index (χ2n) is 6.32. The van der Waals surface area contributed by atoms with E-state index in [1.807, 2.05) is 0 Å². The molecule has 1 amide bonds. The number of ketones is 1. The van der Waals surface area contributed by atoms with Crippen LogP contribution in [0.15, 0.2) is 72.8 Å². The molecule has 3 rings (SSSR count). The quantitative estimate of drug-likeness (QED) is 0.476. The van der Waals surface area contributed by atoms with Crippen LogP contribution in [-0.2, 0) is 9.53 Å². The molecule has 0 fully saturated rings. The van der Waals surface area contributed by atoms with E-state index in [4.69, 9.17) is 16.3 Å². The molecular weight excluding hydrogens is 390 g/mol. The first kappa shape index (κ1) is 20.3. The van der Waals surface area contributed by atoms with E-state index in [9.17, 15) is 14.4 Å². The molecule has 6 heteroatoms. The lowest BCUT2D eigenvalue weighted by Crippen LogP contribution is -2.22. The number of hydrogen-bond acceptors (Lipinski definition) is 4. The highest BCUT2D eigenvalue weighted by Crippen LogP contribution is 2.20. The standard InChI is InChI=1S/C23H18ClNO4/c1-15-13-17(24)11-12-20(15)25-21(26)14-29-23(28)19-10-6-5-9-18(19)22(27)16-7-3-2-4-8-16/h2-13H,14H2,1H3,(H,25,26). The van der Waals surface area contributed by atoms with Crippen molar-refractivity contribution < 1.29 is 19.1 Å². The predicted molar refractivity (Wildman–Crippen MR) is 111 cm³/mol. The SMILES string of the molecule is Cc1cc(Cl)ccc1NC(=O)COC(=O)c1ccccc1C(=O)c1ccccc1. The van der Waals surface area contributed by atoms with Gasteiger partial charge in [0.2, 0.25) is 0 Å². The molecule has 0 radical (unpaired) electrons. The minimum Gasteiger partial charge on any atom is -0.452 e. The maximum absolute atomic E-state index is 12.7. The van der Waals surface area contributed by atoms with Crippen LogP contribution >= 0.6 is 11.6 Å². The number of carbonyl (C=O) groups is 3. The predicted octanol–water partition coefficient (Wildman–Crippen LogP) is 4.67. The van der Waals surface area contributed by atoms with Gasteiger partial charge in [0.05, 0.1) is 5.56 Å². The minimum absolute atomic E-state index is 0.108. The summed E-state index contributed by atoms with van der Waals surface area (Å²) in [6.07, 6.45) is 0. The fourth-order valence-electron chi connectivity index (χ4n) is 2.77. The van der Waals surface area contributed by atoms with Gasteiger partial charge in [0, 0.05) is 21.8 Å². The van der Waals surface area contributed by atoms with Gasteiger partial charge in [0.25, 0.3) is 5.91 Å². The van der Waals surface area contributed by atoms with Crippen LogP contribution in [0.4, 0.5) is 5.69 Å². The highest BCUT2D eigenvalue weighted by molar-refractivity contribution is 6.30. The fourth-order valence-corrected chi connectivity index (χ4v) is 2.99. The molecule has 146 valence electrons. The number of hydrogen-bond donors (Lipinski definition) is 1. The number of nitrogens with one attached hydrogen (secondary N) is 1. The van der Waals surface area contributed by atoms with Gasteiger partial charge in [0.1, 0.15) is 0 Å². The van der Waals surface area contributed by atoms with Gasteiger partial charge >= 0.3 is 5.97 Å². The summed E-state index contributed by atoms with van der Waals surface area (Å²) >= 11 is 5.90. The minimum atomic E-state index is -0.743. The normalized spacial score (nSPS) is 10.3. The summed E-state index contributed by atoms with van der Waals surface area (Å²) in [5, 5.41) is 3.23. The zero-order valence-corrected chi connectivity index (χ0v) is 16.4. The van der Waals surface area contributed by atoms with Crippen LogP contribution in [0, 0.1) is 6.92 Å². The van der Waals surface area contributed by atoms with Crippen molar-refractivity contribution in [2.45, 2.75) is 6.92 Å². The van der Waals surface area contributed by atoms with Crippen LogP contribution in [0.3, 0.4) is 0 Å².